The minimum Gasteiger partial charge on any atom is -0.374 e. The zero-order valence-electron chi connectivity index (χ0n) is 19.7. The number of aliphatic imine (C=N–C) groups is 1. The van der Waals surface area contributed by atoms with Gasteiger partial charge in [-0.1, -0.05) is 42.5 Å². The average Bonchev–Trinajstić information content (AvgIpc) is 2.81. The summed E-state index contributed by atoms with van der Waals surface area (Å²) in [6.07, 6.45) is 0.960. The van der Waals surface area contributed by atoms with Gasteiger partial charge >= 0.3 is 0 Å². The lowest BCUT2D eigenvalue weighted by molar-refractivity contribution is 0.0646. The lowest BCUT2D eigenvalue weighted by Gasteiger charge is -2.15. The SMILES string of the molecule is CN=C(NCCCOC(C)c1ccccc1)NCc1cccc(C(=O)NCCN(C)C)c1. The summed E-state index contributed by atoms with van der Waals surface area (Å²) < 4.78 is 5.91. The maximum absolute atomic E-state index is 12.3. The normalized spacial score (nSPS) is 12.5. The second-order valence-electron chi connectivity index (χ2n) is 7.89. The van der Waals surface area contributed by atoms with E-state index in [0.717, 1.165) is 31.0 Å². The molecular weight excluding hydrogens is 402 g/mol. The molecule has 1 unspecified atom stereocenters. The Balaban J connectivity index is 1.69. The zero-order valence-corrected chi connectivity index (χ0v) is 19.7. The van der Waals surface area contributed by atoms with Crippen LogP contribution in [0.15, 0.2) is 59.6 Å². The molecule has 0 aromatic heterocycles. The van der Waals surface area contributed by atoms with Crippen LogP contribution in [0.2, 0.25) is 0 Å². The quantitative estimate of drug-likeness (QED) is 0.269. The first-order valence-electron chi connectivity index (χ1n) is 11.1. The Hall–Kier alpha value is -2.90. The lowest BCUT2D eigenvalue weighted by Crippen LogP contribution is -2.37. The number of guanidine groups is 1. The highest BCUT2D eigenvalue weighted by Gasteiger charge is 2.07. The van der Waals surface area contributed by atoms with Gasteiger partial charge in [-0.05, 0) is 50.7 Å². The summed E-state index contributed by atoms with van der Waals surface area (Å²) in [5.74, 6) is 0.669. The average molecular weight is 440 g/mol. The Morgan fingerprint density at radius 1 is 1.03 bits per heavy atom. The van der Waals surface area contributed by atoms with E-state index in [0.29, 0.717) is 25.3 Å². The van der Waals surface area contributed by atoms with Gasteiger partial charge in [-0.3, -0.25) is 9.79 Å². The number of rotatable bonds is 12. The van der Waals surface area contributed by atoms with Crippen LogP contribution in [0.25, 0.3) is 0 Å². The third-order valence-corrected chi connectivity index (χ3v) is 4.97. The minimum atomic E-state index is -0.0547. The molecule has 0 bridgehead atoms. The van der Waals surface area contributed by atoms with E-state index < -0.39 is 0 Å². The summed E-state index contributed by atoms with van der Waals surface area (Å²) in [5.41, 5.74) is 2.87. The molecule has 2 aromatic rings. The monoisotopic (exact) mass is 439 g/mol. The predicted molar refractivity (Wildman–Crippen MR) is 131 cm³/mol. The first-order chi connectivity index (χ1) is 15.5. The Labute approximate surface area is 192 Å². The van der Waals surface area contributed by atoms with Crippen LogP contribution in [-0.4, -0.2) is 64.2 Å². The number of benzene rings is 2. The number of nitrogens with one attached hydrogen (secondary N) is 3. The maximum atomic E-state index is 12.3. The van der Waals surface area contributed by atoms with Gasteiger partial charge in [-0.2, -0.15) is 0 Å². The molecule has 0 radical (unpaired) electrons. The van der Waals surface area contributed by atoms with Crippen molar-refractivity contribution in [2.24, 2.45) is 4.99 Å². The number of hydrogen-bond donors (Lipinski definition) is 3. The van der Waals surface area contributed by atoms with Crippen LogP contribution in [0, 0.1) is 0 Å². The molecular formula is C25H37N5O2. The molecule has 7 heteroatoms. The van der Waals surface area contributed by atoms with E-state index in [9.17, 15) is 4.79 Å². The number of amides is 1. The molecule has 1 atom stereocenters. The second kappa shape index (κ2) is 14.2. The van der Waals surface area contributed by atoms with Crippen LogP contribution in [0.1, 0.15) is 40.9 Å². The summed E-state index contributed by atoms with van der Waals surface area (Å²) in [6, 6.07) is 17.9. The van der Waals surface area contributed by atoms with Gasteiger partial charge in [0.25, 0.3) is 5.91 Å². The molecule has 0 aliphatic heterocycles. The van der Waals surface area contributed by atoms with Crippen molar-refractivity contribution in [1.29, 1.82) is 0 Å². The van der Waals surface area contributed by atoms with Crippen LogP contribution in [0.3, 0.4) is 0 Å². The number of ether oxygens (including phenoxy) is 1. The summed E-state index contributed by atoms with van der Waals surface area (Å²) in [4.78, 5) is 18.6. The molecule has 2 rings (SSSR count). The fourth-order valence-electron chi connectivity index (χ4n) is 3.08. The van der Waals surface area contributed by atoms with Crippen LogP contribution in [0.4, 0.5) is 0 Å². The van der Waals surface area contributed by atoms with Crippen molar-refractivity contribution in [2.75, 3.05) is 47.4 Å². The van der Waals surface area contributed by atoms with Crippen molar-refractivity contribution in [3.05, 3.63) is 71.3 Å². The Morgan fingerprint density at radius 2 is 1.81 bits per heavy atom. The molecule has 7 nitrogen and oxygen atoms in total. The van der Waals surface area contributed by atoms with Crippen molar-refractivity contribution in [2.45, 2.75) is 26.0 Å². The summed E-state index contributed by atoms with van der Waals surface area (Å²) >= 11 is 0. The minimum absolute atomic E-state index is 0.0547. The van der Waals surface area contributed by atoms with Crippen molar-refractivity contribution in [3.8, 4) is 0 Å². The molecule has 1 amide bonds. The van der Waals surface area contributed by atoms with Crippen LogP contribution in [0.5, 0.6) is 0 Å². The van der Waals surface area contributed by atoms with E-state index in [1.165, 1.54) is 5.56 Å². The number of carbonyl (C=O) groups is 1. The van der Waals surface area contributed by atoms with Gasteiger partial charge in [0.1, 0.15) is 0 Å². The van der Waals surface area contributed by atoms with E-state index in [-0.39, 0.29) is 12.0 Å². The summed E-state index contributed by atoms with van der Waals surface area (Å²) in [6.45, 7) is 5.52. The highest BCUT2D eigenvalue weighted by Crippen LogP contribution is 2.15. The molecule has 0 aliphatic rings. The molecule has 174 valence electrons. The smallest absolute Gasteiger partial charge is 0.251 e. The molecule has 0 spiro atoms. The van der Waals surface area contributed by atoms with Crippen LogP contribution in [-0.2, 0) is 11.3 Å². The fraction of sp³-hybridized carbons (Fsp3) is 0.440. The first kappa shape index (κ1) is 25.4. The lowest BCUT2D eigenvalue weighted by atomic mass is 10.1. The molecule has 32 heavy (non-hydrogen) atoms. The Kier molecular flexibility index (Phi) is 11.3. The van der Waals surface area contributed by atoms with E-state index in [1.54, 1.807) is 7.05 Å². The molecule has 0 aliphatic carbocycles. The van der Waals surface area contributed by atoms with E-state index in [2.05, 4.69) is 40.0 Å². The fourth-order valence-corrected chi connectivity index (χ4v) is 3.08. The summed E-state index contributed by atoms with van der Waals surface area (Å²) in [5, 5.41) is 9.54. The second-order valence-corrected chi connectivity index (χ2v) is 7.89. The van der Waals surface area contributed by atoms with Crippen molar-refractivity contribution < 1.29 is 9.53 Å². The van der Waals surface area contributed by atoms with Gasteiger partial charge < -0.3 is 25.6 Å². The largest absolute Gasteiger partial charge is 0.374 e. The highest BCUT2D eigenvalue weighted by molar-refractivity contribution is 5.94. The van der Waals surface area contributed by atoms with Gasteiger partial charge in [0.05, 0.1) is 6.10 Å². The Bertz CT molecular complexity index is 839. The standard InChI is InChI=1S/C25H37N5O2/c1-20(22-11-6-5-7-12-22)32-17-9-14-28-25(26-2)29-19-21-10-8-13-23(18-21)24(31)27-15-16-30(3)4/h5-8,10-13,18,20H,9,14-17,19H2,1-4H3,(H,27,31)(H2,26,28,29). The number of carbonyl (C=O) groups excluding carboxylic acids is 1. The molecule has 0 fully saturated rings. The van der Waals surface area contributed by atoms with E-state index >= 15 is 0 Å². The number of likely N-dealkylation sites (N-methyl/N-ethyl adjacent to an activating group) is 1. The van der Waals surface area contributed by atoms with Gasteiger partial charge in [-0.15, -0.1) is 0 Å². The van der Waals surface area contributed by atoms with Gasteiger partial charge in [-0.25, -0.2) is 0 Å². The molecule has 0 saturated heterocycles. The Morgan fingerprint density at radius 3 is 2.53 bits per heavy atom. The molecule has 0 heterocycles. The van der Waals surface area contributed by atoms with Crippen LogP contribution < -0.4 is 16.0 Å². The third kappa shape index (κ3) is 9.49. The highest BCUT2D eigenvalue weighted by atomic mass is 16.5. The topological polar surface area (TPSA) is 78.0 Å². The van der Waals surface area contributed by atoms with E-state index in [4.69, 9.17) is 4.74 Å². The first-order valence-corrected chi connectivity index (χ1v) is 11.1. The van der Waals surface area contributed by atoms with Crippen molar-refractivity contribution in [3.63, 3.8) is 0 Å². The molecule has 0 saturated carbocycles. The van der Waals surface area contributed by atoms with Gasteiger partial charge in [0.2, 0.25) is 0 Å². The van der Waals surface area contributed by atoms with E-state index in [1.807, 2.05) is 61.5 Å². The van der Waals surface area contributed by atoms with Crippen molar-refractivity contribution >= 4 is 11.9 Å². The number of hydrogen-bond acceptors (Lipinski definition) is 4. The van der Waals surface area contributed by atoms with Gasteiger partial charge in [0, 0.05) is 45.4 Å². The molecule has 2 aromatic carbocycles. The molecule has 3 N–H and O–H groups in total. The number of nitrogens with zero attached hydrogens (tertiary/aromatic N) is 2. The predicted octanol–water partition coefficient (Wildman–Crippen LogP) is 2.81. The maximum Gasteiger partial charge on any atom is 0.251 e. The third-order valence-electron chi connectivity index (χ3n) is 4.97. The zero-order chi connectivity index (χ0) is 23.2. The van der Waals surface area contributed by atoms with Crippen LogP contribution >= 0.6 is 0 Å². The van der Waals surface area contributed by atoms with Crippen molar-refractivity contribution in [1.82, 2.24) is 20.9 Å². The summed E-state index contributed by atoms with van der Waals surface area (Å²) in [7, 11) is 5.72. The van der Waals surface area contributed by atoms with Gasteiger partial charge in [0.15, 0.2) is 5.96 Å².